The van der Waals surface area contributed by atoms with Gasteiger partial charge in [-0.3, -0.25) is 4.79 Å². The molecule has 0 aliphatic heterocycles. The van der Waals surface area contributed by atoms with Crippen LogP contribution in [0.15, 0.2) is 51.7 Å². The number of benzene rings is 2. The Morgan fingerprint density at radius 2 is 1.95 bits per heavy atom. The molecule has 1 heterocycles. The number of aromatic carboxylic acids is 1. The van der Waals surface area contributed by atoms with Crippen LogP contribution in [0.5, 0.6) is 0 Å². The Morgan fingerprint density at radius 3 is 2.71 bits per heavy atom. The van der Waals surface area contributed by atoms with E-state index in [2.05, 4.69) is 25.9 Å². The first-order valence-corrected chi connectivity index (χ1v) is 6.88. The van der Waals surface area contributed by atoms with E-state index in [1.165, 1.54) is 12.1 Å². The maximum absolute atomic E-state index is 12.1. The summed E-state index contributed by atoms with van der Waals surface area (Å²) in [5.41, 5.74) is 0.953. The summed E-state index contributed by atoms with van der Waals surface area (Å²) in [4.78, 5) is 30.2. The molecule has 0 unspecified atom stereocenters. The van der Waals surface area contributed by atoms with Crippen LogP contribution in [0.3, 0.4) is 0 Å². The van der Waals surface area contributed by atoms with Crippen molar-refractivity contribution < 1.29 is 9.90 Å². The van der Waals surface area contributed by atoms with Gasteiger partial charge < -0.3 is 10.1 Å². The van der Waals surface area contributed by atoms with Crippen molar-refractivity contribution in [2.45, 2.75) is 0 Å². The van der Waals surface area contributed by atoms with Crippen LogP contribution in [-0.4, -0.2) is 21.0 Å². The Balaban J connectivity index is 2.28. The zero-order chi connectivity index (χ0) is 15.0. The molecule has 0 aliphatic carbocycles. The molecule has 1 aromatic heterocycles. The maximum atomic E-state index is 12.1. The predicted molar refractivity (Wildman–Crippen MR) is 82.5 cm³/mol. The topological polar surface area (TPSA) is 83.0 Å². The number of aromatic amines is 1. The van der Waals surface area contributed by atoms with Gasteiger partial charge in [-0.25, -0.2) is 9.78 Å². The molecule has 2 aromatic carbocycles. The number of para-hydroxylation sites is 1. The normalized spacial score (nSPS) is 10.7. The van der Waals surface area contributed by atoms with E-state index in [4.69, 9.17) is 5.11 Å². The predicted octanol–water partition coefficient (Wildman–Crippen LogP) is 3.05. The highest BCUT2D eigenvalue weighted by atomic mass is 79.9. The van der Waals surface area contributed by atoms with Crippen LogP contribution in [0.2, 0.25) is 0 Å². The summed E-state index contributed by atoms with van der Waals surface area (Å²) >= 11 is 3.35. The minimum Gasteiger partial charge on any atom is -0.478 e. The Morgan fingerprint density at radius 1 is 1.19 bits per heavy atom. The summed E-state index contributed by atoms with van der Waals surface area (Å²) < 4.78 is 0.658. The fourth-order valence-corrected chi connectivity index (χ4v) is 2.49. The van der Waals surface area contributed by atoms with Crippen molar-refractivity contribution in [2.75, 3.05) is 0 Å². The van der Waals surface area contributed by atoms with E-state index < -0.39 is 5.97 Å². The molecule has 0 saturated heterocycles. The van der Waals surface area contributed by atoms with Crippen LogP contribution in [0.25, 0.3) is 22.3 Å². The monoisotopic (exact) mass is 344 g/mol. The van der Waals surface area contributed by atoms with Gasteiger partial charge in [0.05, 0.1) is 16.5 Å². The van der Waals surface area contributed by atoms with E-state index in [1.807, 2.05) is 0 Å². The molecule has 0 amide bonds. The number of carbonyl (C=O) groups is 1. The van der Waals surface area contributed by atoms with Gasteiger partial charge in [-0.05, 0) is 30.3 Å². The molecule has 21 heavy (non-hydrogen) atoms. The van der Waals surface area contributed by atoms with E-state index in [0.29, 0.717) is 26.8 Å². The lowest BCUT2D eigenvalue weighted by molar-refractivity contribution is 0.0697. The summed E-state index contributed by atoms with van der Waals surface area (Å²) in [7, 11) is 0. The van der Waals surface area contributed by atoms with Crippen molar-refractivity contribution in [3.8, 4) is 11.4 Å². The van der Waals surface area contributed by atoms with Gasteiger partial charge in [-0.2, -0.15) is 0 Å². The van der Waals surface area contributed by atoms with Gasteiger partial charge >= 0.3 is 5.97 Å². The van der Waals surface area contributed by atoms with Gasteiger partial charge in [-0.15, -0.1) is 0 Å². The van der Waals surface area contributed by atoms with Gasteiger partial charge in [0.2, 0.25) is 0 Å². The molecular weight excluding hydrogens is 336 g/mol. The lowest BCUT2D eigenvalue weighted by atomic mass is 10.1. The molecule has 104 valence electrons. The fraction of sp³-hybridized carbons (Fsp3) is 0. The number of hydrogen-bond acceptors (Lipinski definition) is 3. The van der Waals surface area contributed by atoms with E-state index in [0.717, 1.165) is 0 Å². The van der Waals surface area contributed by atoms with Crippen LogP contribution in [-0.2, 0) is 0 Å². The molecule has 6 heteroatoms. The quantitative estimate of drug-likeness (QED) is 0.748. The number of carboxylic acid groups (broad SMARTS) is 1. The average molecular weight is 345 g/mol. The zero-order valence-corrected chi connectivity index (χ0v) is 12.2. The molecule has 0 saturated carbocycles. The molecule has 0 radical (unpaired) electrons. The molecule has 3 aromatic rings. The summed E-state index contributed by atoms with van der Waals surface area (Å²) in [6.45, 7) is 0. The minimum absolute atomic E-state index is 0.129. The molecule has 3 rings (SSSR count). The van der Waals surface area contributed by atoms with Crippen LogP contribution >= 0.6 is 15.9 Å². The third kappa shape index (κ3) is 2.45. The van der Waals surface area contributed by atoms with Gasteiger partial charge in [0.15, 0.2) is 0 Å². The average Bonchev–Trinajstić information content (AvgIpc) is 2.47. The van der Waals surface area contributed by atoms with E-state index in [1.54, 1.807) is 30.3 Å². The maximum Gasteiger partial charge on any atom is 0.335 e. The zero-order valence-electron chi connectivity index (χ0n) is 10.6. The van der Waals surface area contributed by atoms with Gasteiger partial charge in [0, 0.05) is 10.0 Å². The minimum atomic E-state index is -1.04. The summed E-state index contributed by atoms with van der Waals surface area (Å²) in [5.74, 6) is -0.708. The molecule has 0 aliphatic rings. The van der Waals surface area contributed by atoms with Crippen molar-refractivity contribution in [2.24, 2.45) is 0 Å². The number of hydrogen-bond donors (Lipinski definition) is 2. The first-order chi connectivity index (χ1) is 10.1. The van der Waals surface area contributed by atoms with E-state index in [9.17, 15) is 9.59 Å². The number of carboxylic acids is 1. The van der Waals surface area contributed by atoms with E-state index in [-0.39, 0.29) is 11.1 Å². The fourth-order valence-electron chi connectivity index (χ4n) is 2.05. The number of H-pyrrole nitrogens is 1. The highest BCUT2D eigenvalue weighted by molar-refractivity contribution is 9.10. The second kappa shape index (κ2) is 5.14. The molecule has 2 N–H and O–H groups in total. The molecule has 0 bridgehead atoms. The summed E-state index contributed by atoms with van der Waals surface area (Å²) in [6.07, 6.45) is 0. The third-order valence-corrected chi connectivity index (χ3v) is 3.77. The van der Waals surface area contributed by atoms with E-state index >= 15 is 0 Å². The number of aromatic nitrogens is 2. The standard InChI is InChI=1S/C15H9BrN2O3/c16-11-6-5-8(15(20)21)7-10(11)13-17-12-4-2-1-3-9(12)14(19)18-13/h1-7H,(H,20,21)(H,17,18,19). The number of fused-ring (bicyclic) bond motifs is 1. The second-order valence-corrected chi connectivity index (χ2v) is 5.29. The summed E-state index contributed by atoms with van der Waals surface area (Å²) in [6, 6.07) is 11.6. The first-order valence-electron chi connectivity index (χ1n) is 6.08. The Kier molecular flexibility index (Phi) is 3.31. The van der Waals surface area contributed by atoms with Crippen molar-refractivity contribution in [3.63, 3.8) is 0 Å². The van der Waals surface area contributed by atoms with Crippen molar-refractivity contribution >= 4 is 32.8 Å². The van der Waals surface area contributed by atoms with Crippen LogP contribution < -0.4 is 5.56 Å². The van der Waals surface area contributed by atoms with Crippen molar-refractivity contribution in [1.82, 2.24) is 9.97 Å². The highest BCUT2D eigenvalue weighted by Crippen LogP contribution is 2.27. The van der Waals surface area contributed by atoms with Gasteiger partial charge in [0.25, 0.3) is 5.56 Å². The van der Waals surface area contributed by atoms with Crippen molar-refractivity contribution in [3.05, 3.63) is 62.9 Å². The van der Waals surface area contributed by atoms with Crippen molar-refractivity contribution in [1.29, 1.82) is 0 Å². The molecule has 5 nitrogen and oxygen atoms in total. The summed E-state index contributed by atoms with van der Waals surface area (Å²) in [5, 5.41) is 9.56. The lowest BCUT2D eigenvalue weighted by Crippen LogP contribution is -2.10. The molecular formula is C15H9BrN2O3. The SMILES string of the molecule is O=C(O)c1ccc(Br)c(-c2nc3ccccc3c(=O)[nH]2)c1. The molecule has 0 spiro atoms. The molecule has 0 fully saturated rings. The largest absolute Gasteiger partial charge is 0.478 e. The van der Waals surface area contributed by atoms with Gasteiger partial charge in [0.1, 0.15) is 5.82 Å². The van der Waals surface area contributed by atoms with Crippen LogP contribution in [0.4, 0.5) is 0 Å². The number of halogens is 1. The Labute approximate surface area is 127 Å². The second-order valence-electron chi connectivity index (χ2n) is 4.43. The number of nitrogens with one attached hydrogen (secondary N) is 1. The molecule has 0 atom stereocenters. The Hall–Kier alpha value is -2.47. The third-order valence-electron chi connectivity index (χ3n) is 3.08. The first kappa shape index (κ1) is 13.5. The lowest BCUT2D eigenvalue weighted by Gasteiger charge is -2.06. The van der Waals surface area contributed by atoms with Gasteiger partial charge in [-0.1, -0.05) is 28.1 Å². The number of nitrogens with zero attached hydrogens (tertiary/aromatic N) is 1. The highest BCUT2D eigenvalue weighted by Gasteiger charge is 2.12. The van der Waals surface area contributed by atoms with Crippen LogP contribution in [0, 0.1) is 0 Å². The van der Waals surface area contributed by atoms with Crippen LogP contribution in [0.1, 0.15) is 10.4 Å². The smallest absolute Gasteiger partial charge is 0.335 e. The Bertz CT molecular complexity index is 918. The number of rotatable bonds is 2.